The van der Waals surface area contributed by atoms with E-state index in [1.165, 1.54) is 0 Å². The van der Waals surface area contributed by atoms with Crippen LogP contribution in [0.25, 0.3) is 10.8 Å². The fourth-order valence-electron chi connectivity index (χ4n) is 6.66. The number of nitriles is 1. The number of nitrogens with zero attached hydrogens (tertiary/aromatic N) is 3. The number of ether oxygens (including phenoxy) is 1. The highest BCUT2D eigenvalue weighted by Crippen LogP contribution is 2.35. The number of benzene rings is 4. The molecular formula is C38H40Cl2N4O4S. The highest BCUT2D eigenvalue weighted by molar-refractivity contribution is 7.84. The molecule has 4 aromatic rings. The molecule has 1 aliphatic rings. The largest absolute Gasteiger partial charge is 0.497 e. The summed E-state index contributed by atoms with van der Waals surface area (Å²) in [7, 11) is 0.491. The zero-order chi connectivity index (χ0) is 35.1. The first-order valence-corrected chi connectivity index (χ1v) is 18.6. The van der Waals surface area contributed by atoms with E-state index in [1.807, 2.05) is 36.4 Å². The number of piperidine rings is 1. The summed E-state index contributed by atoms with van der Waals surface area (Å²) in [5.41, 5.74) is 8.64. The Morgan fingerprint density at radius 3 is 2.51 bits per heavy atom. The number of halogens is 2. The fraction of sp³-hybridized carbons (Fsp3) is 0.342. The molecule has 1 heterocycles. The van der Waals surface area contributed by atoms with E-state index in [2.05, 4.69) is 11.0 Å². The maximum atomic E-state index is 14.2. The van der Waals surface area contributed by atoms with Crippen molar-refractivity contribution >= 4 is 56.6 Å². The molecule has 1 fully saturated rings. The smallest absolute Gasteiger partial charge is 0.254 e. The first kappa shape index (κ1) is 36.3. The van der Waals surface area contributed by atoms with Crippen molar-refractivity contribution < 1.29 is 18.5 Å². The first-order chi connectivity index (χ1) is 23.6. The van der Waals surface area contributed by atoms with Gasteiger partial charge in [-0.3, -0.25) is 13.8 Å². The van der Waals surface area contributed by atoms with Gasteiger partial charge in [0.25, 0.3) is 5.91 Å². The highest BCUT2D eigenvalue weighted by Gasteiger charge is 2.27. The molecule has 11 heteroatoms. The summed E-state index contributed by atoms with van der Waals surface area (Å²) in [6.07, 6.45) is 4.33. The van der Waals surface area contributed by atoms with E-state index < -0.39 is 16.7 Å². The van der Waals surface area contributed by atoms with Crippen LogP contribution in [0.15, 0.2) is 77.7 Å². The molecule has 2 atom stereocenters. The van der Waals surface area contributed by atoms with Gasteiger partial charge in [0.1, 0.15) is 5.75 Å². The van der Waals surface area contributed by atoms with Crippen molar-refractivity contribution in [1.82, 2.24) is 9.80 Å². The lowest BCUT2D eigenvalue weighted by Crippen LogP contribution is -2.39. The van der Waals surface area contributed by atoms with Crippen LogP contribution in [0.2, 0.25) is 10.0 Å². The van der Waals surface area contributed by atoms with Gasteiger partial charge in [0, 0.05) is 42.1 Å². The Morgan fingerprint density at radius 2 is 1.84 bits per heavy atom. The van der Waals surface area contributed by atoms with Gasteiger partial charge >= 0.3 is 0 Å². The van der Waals surface area contributed by atoms with Gasteiger partial charge in [0.15, 0.2) is 0 Å². The van der Waals surface area contributed by atoms with Crippen molar-refractivity contribution in [3.05, 3.63) is 105 Å². The van der Waals surface area contributed by atoms with E-state index in [-0.39, 0.29) is 24.8 Å². The third-order valence-corrected chi connectivity index (χ3v) is 11.1. The van der Waals surface area contributed by atoms with Crippen LogP contribution in [0.1, 0.15) is 64.6 Å². The predicted octanol–water partition coefficient (Wildman–Crippen LogP) is 7.14. The fourth-order valence-corrected chi connectivity index (χ4v) is 7.82. The van der Waals surface area contributed by atoms with E-state index in [0.29, 0.717) is 39.4 Å². The van der Waals surface area contributed by atoms with Gasteiger partial charge in [-0.1, -0.05) is 53.5 Å². The number of likely N-dealkylation sites (tertiary alicyclic amines) is 1. The maximum absolute atomic E-state index is 14.2. The van der Waals surface area contributed by atoms with E-state index in [9.17, 15) is 19.1 Å². The standard InChI is InChI=1S/C38H40Cl2N4O4S/c1-48-30-8-10-32(36(22-30)49(2)47)26-12-16-43(17-13-26)18-14-29(27-7-11-34(39)35(40)21-27)24-44(19-15-37(42)45)38(46)33-5-3-4-28-20-25(23-41)6-9-31(28)33/h3-11,20-22,26,29H,12-19,24H2,1-2H3,(H2,42,45)/t29-,49+/m1/s1. The van der Waals surface area contributed by atoms with Crippen molar-refractivity contribution in [3.8, 4) is 11.8 Å². The number of amides is 2. The van der Waals surface area contributed by atoms with Gasteiger partial charge < -0.3 is 20.3 Å². The molecule has 0 aromatic heterocycles. The number of primary amides is 1. The molecule has 0 radical (unpaired) electrons. The third kappa shape index (κ3) is 9.00. The minimum atomic E-state index is -1.12. The Bertz CT molecular complexity index is 1900. The lowest BCUT2D eigenvalue weighted by molar-refractivity contribution is -0.118. The average Bonchev–Trinajstić information content (AvgIpc) is 3.11. The van der Waals surface area contributed by atoms with Gasteiger partial charge in [0.05, 0.1) is 39.6 Å². The molecule has 2 N–H and O–H groups in total. The minimum absolute atomic E-state index is 0.0204. The topological polar surface area (TPSA) is 117 Å². The summed E-state index contributed by atoms with van der Waals surface area (Å²) in [6.45, 7) is 3.05. The van der Waals surface area contributed by atoms with Crippen LogP contribution in [0.3, 0.4) is 0 Å². The number of hydrogen-bond donors (Lipinski definition) is 1. The number of fused-ring (bicyclic) bond motifs is 1. The highest BCUT2D eigenvalue weighted by atomic mass is 35.5. The maximum Gasteiger partial charge on any atom is 0.254 e. The Labute approximate surface area is 300 Å². The van der Waals surface area contributed by atoms with Crippen LogP contribution in [0.4, 0.5) is 0 Å². The summed E-state index contributed by atoms with van der Waals surface area (Å²) >= 11 is 12.8. The van der Waals surface area contributed by atoms with Crippen molar-refractivity contribution in [1.29, 1.82) is 5.26 Å². The van der Waals surface area contributed by atoms with E-state index >= 15 is 0 Å². The monoisotopic (exact) mass is 718 g/mol. The van der Waals surface area contributed by atoms with E-state index in [4.69, 9.17) is 33.7 Å². The van der Waals surface area contributed by atoms with Crippen molar-refractivity contribution in [2.75, 3.05) is 46.1 Å². The summed E-state index contributed by atoms with van der Waals surface area (Å²) in [6, 6.07) is 24.3. The summed E-state index contributed by atoms with van der Waals surface area (Å²) in [5.74, 6) is 0.192. The lowest BCUT2D eigenvalue weighted by Gasteiger charge is -2.34. The van der Waals surface area contributed by atoms with Gasteiger partial charge in [-0.15, -0.1) is 0 Å². The summed E-state index contributed by atoms with van der Waals surface area (Å²) < 4.78 is 17.9. The molecule has 0 saturated carbocycles. The number of hydrogen-bond acceptors (Lipinski definition) is 6. The van der Waals surface area contributed by atoms with Crippen molar-refractivity contribution in [2.45, 2.75) is 42.4 Å². The second-order valence-corrected chi connectivity index (χ2v) is 14.6. The molecule has 1 aliphatic heterocycles. The van der Waals surface area contributed by atoms with Crippen LogP contribution < -0.4 is 10.5 Å². The number of methoxy groups -OCH3 is 1. The molecule has 256 valence electrons. The van der Waals surface area contributed by atoms with Crippen LogP contribution in [0.5, 0.6) is 5.75 Å². The number of nitrogens with two attached hydrogens (primary N) is 1. The van der Waals surface area contributed by atoms with Crippen LogP contribution in [-0.4, -0.2) is 71.9 Å². The second-order valence-electron chi connectivity index (χ2n) is 12.5. The molecular weight excluding hydrogens is 679 g/mol. The quantitative estimate of drug-likeness (QED) is 0.157. The van der Waals surface area contributed by atoms with Gasteiger partial charge in [-0.2, -0.15) is 5.26 Å². The number of rotatable bonds is 13. The molecule has 0 bridgehead atoms. The van der Waals surface area contributed by atoms with Crippen molar-refractivity contribution in [3.63, 3.8) is 0 Å². The van der Waals surface area contributed by atoms with Crippen LogP contribution >= 0.6 is 23.2 Å². The molecule has 8 nitrogen and oxygen atoms in total. The third-order valence-electron chi connectivity index (χ3n) is 9.36. The van der Waals surface area contributed by atoms with Crippen molar-refractivity contribution in [2.24, 2.45) is 5.73 Å². The molecule has 49 heavy (non-hydrogen) atoms. The predicted molar refractivity (Wildman–Crippen MR) is 196 cm³/mol. The normalized spacial score (nSPS) is 15.0. The van der Waals surface area contributed by atoms with Crippen LogP contribution in [-0.2, 0) is 15.6 Å². The van der Waals surface area contributed by atoms with Gasteiger partial charge in [-0.05, 0) is 109 Å². The lowest BCUT2D eigenvalue weighted by atomic mass is 9.88. The Balaban J connectivity index is 1.36. The Hall–Kier alpha value is -3.94. The molecule has 0 unspecified atom stereocenters. The molecule has 5 rings (SSSR count). The zero-order valence-corrected chi connectivity index (χ0v) is 30.0. The Morgan fingerprint density at radius 1 is 1.06 bits per heavy atom. The first-order valence-electron chi connectivity index (χ1n) is 16.3. The average molecular weight is 720 g/mol. The molecule has 0 aliphatic carbocycles. The SMILES string of the molecule is COc1ccc(C2CCN(CC[C@H](CN(CCC(N)=O)C(=O)c3cccc4cc(C#N)ccc34)c3ccc(Cl)c(Cl)c3)CC2)c([S@](C)=O)c1. The molecule has 2 amide bonds. The van der Waals surface area contributed by atoms with E-state index in [0.717, 1.165) is 65.7 Å². The second kappa shape index (κ2) is 16.6. The van der Waals surface area contributed by atoms with E-state index in [1.54, 1.807) is 54.7 Å². The van der Waals surface area contributed by atoms with Gasteiger partial charge in [-0.25, -0.2) is 0 Å². The zero-order valence-electron chi connectivity index (χ0n) is 27.7. The molecule has 4 aromatic carbocycles. The molecule has 1 saturated heterocycles. The number of carbonyl (C=O) groups is 2. The Kier molecular flexibility index (Phi) is 12.3. The molecule has 0 spiro atoms. The number of carbonyl (C=O) groups excluding carboxylic acids is 2. The summed E-state index contributed by atoms with van der Waals surface area (Å²) in [4.78, 5) is 31.1. The minimum Gasteiger partial charge on any atom is -0.497 e. The van der Waals surface area contributed by atoms with Crippen LogP contribution in [0, 0.1) is 11.3 Å². The summed E-state index contributed by atoms with van der Waals surface area (Å²) in [5, 5.41) is 11.8. The van der Waals surface area contributed by atoms with Gasteiger partial charge in [0.2, 0.25) is 5.91 Å².